The lowest BCUT2D eigenvalue weighted by Crippen LogP contribution is -2.61. The maximum atomic E-state index is 12.0. The standard InChI is InChI=1S/C17H24O5/c1-9-11-5-7-16(3)12(21-10(2)18)6-8-17(4,20)14(16)13(11)22-15(9)19/h6,8-9,11-14,20H,5,7H2,1-4H3/t9-,11-,12-,13-,14-,16-,17+/m0/s1. The maximum absolute atomic E-state index is 12.0. The van der Waals surface area contributed by atoms with Gasteiger partial charge < -0.3 is 14.6 Å². The van der Waals surface area contributed by atoms with Crippen molar-refractivity contribution in [2.75, 3.05) is 0 Å². The summed E-state index contributed by atoms with van der Waals surface area (Å²) in [5.74, 6) is -0.810. The average Bonchev–Trinajstić information content (AvgIpc) is 2.68. The largest absolute Gasteiger partial charge is 0.461 e. The molecule has 1 saturated carbocycles. The van der Waals surface area contributed by atoms with Crippen LogP contribution in [0.25, 0.3) is 0 Å². The van der Waals surface area contributed by atoms with Gasteiger partial charge in [-0.2, -0.15) is 0 Å². The van der Waals surface area contributed by atoms with Crippen LogP contribution < -0.4 is 0 Å². The summed E-state index contributed by atoms with van der Waals surface area (Å²) >= 11 is 0. The van der Waals surface area contributed by atoms with Crippen LogP contribution in [0.15, 0.2) is 12.2 Å². The first-order valence-electron chi connectivity index (χ1n) is 7.96. The lowest BCUT2D eigenvalue weighted by atomic mass is 9.52. The number of ether oxygens (including phenoxy) is 2. The van der Waals surface area contributed by atoms with Gasteiger partial charge in [0.25, 0.3) is 0 Å². The molecular formula is C17H24O5. The summed E-state index contributed by atoms with van der Waals surface area (Å²) in [7, 11) is 0. The fraction of sp³-hybridized carbons (Fsp3) is 0.765. The van der Waals surface area contributed by atoms with Crippen molar-refractivity contribution in [3.05, 3.63) is 12.2 Å². The number of aliphatic hydroxyl groups is 1. The summed E-state index contributed by atoms with van der Waals surface area (Å²) in [5, 5.41) is 10.9. The third-order valence-corrected chi connectivity index (χ3v) is 5.92. The van der Waals surface area contributed by atoms with Crippen molar-refractivity contribution >= 4 is 11.9 Å². The van der Waals surface area contributed by atoms with Gasteiger partial charge in [0.1, 0.15) is 12.2 Å². The van der Waals surface area contributed by atoms with Gasteiger partial charge in [-0.15, -0.1) is 0 Å². The molecule has 0 spiro atoms. The third-order valence-electron chi connectivity index (χ3n) is 5.92. The highest BCUT2D eigenvalue weighted by molar-refractivity contribution is 5.75. The van der Waals surface area contributed by atoms with Gasteiger partial charge in [0.05, 0.1) is 11.5 Å². The number of hydrogen-bond acceptors (Lipinski definition) is 5. The molecule has 1 N–H and O–H groups in total. The molecule has 122 valence electrons. The van der Waals surface area contributed by atoms with Crippen LogP contribution in [0.1, 0.15) is 40.5 Å². The first-order valence-corrected chi connectivity index (χ1v) is 7.96. The van der Waals surface area contributed by atoms with Gasteiger partial charge in [-0.3, -0.25) is 9.59 Å². The Bertz CT molecular complexity index is 537. The zero-order valence-electron chi connectivity index (χ0n) is 13.5. The Balaban J connectivity index is 2.02. The monoisotopic (exact) mass is 308 g/mol. The molecule has 3 rings (SSSR count). The van der Waals surface area contributed by atoms with Crippen LogP contribution in [0.2, 0.25) is 0 Å². The van der Waals surface area contributed by atoms with Crippen LogP contribution in [-0.2, 0) is 19.1 Å². The van der Waals surface area contributed by atoms with E-state index in [1.54, 1.807) is 19.1 Å². The highest BCUT2D eigenvalue weighted by Gasteiger charge is 2.63. The topological polar surface area (TPSA) is 72.8 Å². The van der Waals surface area contributed by atoms with E-state index in [0.717, 1.165) is 12.8 Å². The van der Waals surface area contributed by atoms with Crippen molar-refractivity contribution in [2.45, 2.75) is 58.3 Å². The molecule has 7 atom stereocenters. The Labute approximate surface area is 130 Å². The number of rotatable bonds is 1. The SMILES string of the molecule is CC(=O)O[C@H]1C=C[C@@](C)(O)[C@H]2[C@H]3OC(=O)[C@@H](C)[C@@H]3CC[C@@]12C. The summed E-state index contributed by atoms with van der Waals surface area (Å²) in [6.07, 6.45) is 4.37. The van der Waals surface area contributed by atoms with Crippen LogP contribution >= 0.6 is 0 Å². The second-order valence-electron chi connectivity index (χ2n) is 7.49. The van der Waals surface area contributed by atoms with Crippen molar-refractivity contribution < 1.29 is 24.2 Å². The molecule has 1 saturated heterocycles. The number of fused-ring (bicyclic) bond motifs is 3. The number of esters is 2. The molecule has 0 amide bonds. The lowest BCUT2D eigenvalue weighted by molar-refractivity contribution is -0.188. The number of carbonyl (C=O) groups excluding carboxylic acids is 2. The van der Waals surface area contributed by atoms with Gasteiger partial charge in [0, 0.05) is 24.2 Å². The smallest absolute Gasteiger partial charge is 0.309 e. The van der Waals surface area contributed by atoms with E-state index in [1.165, 1.54) is 6.92 Å². The van der Waals surface area contributed by atoms with Gasteiger partial charge >= 0.3 is 11.9 Å². The van der Waals surface area contributed by atoms with Crippen LogP contribution in [0.5, 0.6) is 0 Å². The van der Waals surface area contributed by atoms with Crippen LogP contribution in [0.3, 0.4) is 0 Å². The Morgan fingerprint density at radius 3 is 2.77 bits per heavy atom. The van der Waals surface area contributed by atoms with E-state index >= 15 is 0 Å². The van der Waals surface area contributed by atoms with E-state index in [2.05, 4.69) is 0 Å². The predicted molar refractivity (Wildman–Crippen MR) is 78.7 cm³/mol. The summed E-state index contributed by atoms with van der Waals surface area (Å²) in [4.78, 5) is 23.4. The van der Waals surface area contributed by atoms with Crippen LogP contribution in [0.4, 0.5) is 0 Å². The quantitative estimate of drug-likeness (QED) is 0.591. The molecule has 0 aromatic carbocycles. The van der Waals surface area contributed by atoms with Crippen LogP contribution in [-0.4, -0.2) is 34.9 Å². The second-order valence-corrected chi connectivity index (χ2v) is 7.49. The van der Waals surface area contributed by atoms with E-state index in [9.17, 15) is 14.7 Å². The van der Waals surface area contributed by atoms with E-state index in [4.69, 9.17) is 9.47 Å². The Morgan fingerprint density at radius 1 is 1.45 bits per heavy atom. The minimum Gasteiger partial charge on any atom is -0.461 e. The van der Waals surface area contributed by atoms with Crippen LogP contribution in [0, 0.1) is 23.2 Å². The Kier molecular flexibility index (Phi) is 3.40. The van der Waals surface area contributed by atoms with Crippen molar-refractivity contribution in [1.82, 2.24) is 0 Å². The molecule has 5 heteroatoms. The first kappa shape index (κ1) is 15.5. The van der Waals surface area contributed by atoms with Gasteiger partial charge in [0.15, 0.2) is 0 Å². The maximum Gasteiger partial charge on any atom is 0.309 e. The molecule has 0 bridgehead atoms. The molecule has 2 aliphatic carbocycles. The zero-order valence-corrected chi connectivity index (χ0v) is 13.5. The average molecular weight is 308 g/mol. The lowest BCUT2D eigenvalue weighted by Gasteiger charge is -2.55. The molecule has 3 aliphatic rings. The zero-order chi connectivity index (χ0) is 16.3. The molecule has 0 unspecified atom stereocenters. The fourth-order valence-electron chi connectivity index (χ4n) is 4.80. The first-order chi connectivity index (χ1) is 10.2. The highest BCUT2D eigenvalue weighted by atomic mass is 16.6. The highest BCUT2D eigenvalue weighted by Crippen LogP contribution is 2.57. The van der Waals surface area contributed by atoms with Crippen molar-refractivity contribution in [3.8, 4) is 0 Å². The predicted octanol–water partition coefficient (Wildman–Crippen LogP) is 1.83. The molecule has 0 aromatic heterocycles. The molecule has 1 heterocycles. The van der Waals surface area contributed by atoms with Gasteiger partial charge in [-0.25, -0.2) is 0 Å². The van der Waals surface area contributed by atoms with Crippen molar-refractivity contribution in [1.29, 1.82) is 0 Å². The molecule has 2 fully saturated rings. The second kappa shape index (κ2) is 4.82. The minimum absolute atomic E-state index is 0.126. The number of hydrogen-bond donors (Lipinski definition) is 1. The molecule has 1 aliphatic heterocycles. The molecule has 5 nitrogen and oxygen atoms in total. The summed E-state index contributed by atoms with van der Waals surface area (Å²) < 4.78 is 11.1. The van der Waals surface area contributed by atoms with E-state index in [-0.39, 0.29) is 35.8 Å². The Hall–Kier alpha value is -1.36. The number of carbonyl (C=O) groups is 2. The minimum atomic E-state index is -1.08. The van der Waals surface area contributed by atoms with Crippen molar-refractivity contribution in [2.24, 2.45) is 23.2 Å². The normalized spacial score (nSPS) is 50.0. The van der Waals surface area contributed by atoms with E-state index < -0.39 is 17.1 Å². The van der Waals surface area contributed by atoms with Gasteiger partial charge in [0.2, 0.25) is 0 Å². The van der Waals surface area contributed by atoms with Gasteiger partial charge in [-0.05, 0) is 25.8 Å². The molecule has 0 aromatic rings. The van der Waals surface area contributed by atoms with Gasteiger partial charge in [-0.1, -0.05) is 19.9 Å². The molecular weight excluding hydrogens is 284 g/mol. The van der Waals surface area contributed by atoms with Crippen molar-refractivity contribution in [3.63, 3.8) is 0 Å². The summed E-state index contributed by atoms with van der Waals surface area (Å²) in [5.41, 5.74) is -1.52. The fourth-order valence-corrected chi connectivity index (χ4v) is 4.80. The summed E-state index contributed by atoms with van der Waals surface area (Å²) in [6.45, 7) is 7.06. The molecule has 0 radical (unpaired) electrons. The summed E-state index contributed by atoms with van der Waals surface area (Å²) in [6, 6.07) is 0. The molecule has 22 heavy (non-hydrogen) atoms. The van der Waals surface area contributed by atoms with E-state index in [0.29, 0.717) is 0 Å². The Morgan fingerprint density at radius 2 is 2.14 bits per heavy atom. The third kappa shape index (κ3) is 2.09. The van der Waals surface area contributed by atoms with E-state index in [1.807, 2.05) is 13.8 Å².